The smallest absolute Gasteiger partial charge is 0.258 e. The van der Waals surface area contributed by atoms with E-state index in [9.17, 15) is 4.79 Å². The minimum Gasteiger partial charge on any atom is -0.483 e. The number of carbonyl (C=O) groups is 1. The summed E-state index contributed by atoms with van der Waals surface area (Å²) in [7, 11) is 4.05. The van der Waals surface area contributed by atoms with Crippen LogP contribution >= 0.6 is 0 Å². The molecule has 4 rings (SSSR count). The molecule has 0 unspecified atom stereocenters. The van der Waals surface area contributed by atoms with Gasteiger partial charge in [0.25, 0.3) is 5.91 Å². The SMILES string of the molecule is C[C@H](NC(=O)COc1ccc(-c2ccccc2)cc1CN(C)C)c1cccc2ccccc12. The molecule has 0 aliphatic heterocycles. The topological polar surface area (TPSA) is 41.6 Å². The molecule has 33 heavy (non-hydrogen) atoms. The number of carbonyl (C=O) groups excluding carboxylic acids is 1. The second-order valence-electron chi connectivity index (χ2n) is 8.57. The van der Waals surface area contributed by atoms with E-state index in [1.807, 2.05) is 69.6 Å². The molecule has 0 fully saturated rings. The van der Waals surface area contributed by atoms with E-state index >= 15 is 0 Å². The average molecular weight is 439 g/mol. The second kappa shape index (κ2) is 10.3. The van der Waals surface area contributed by atoms with Crippen molar-refractivity contribution in [3.8, 4) is 16.9 Å². The summed E-state index contributed by atoms with van der Waals surface area (Å²) < 4.78 is 5.98. The predicted octanol–water partition coefficient (Wildman–Crippen LogP) is 5.82. The van der Waals surface area contributed by atoms with Crippen LogP contribution < -0.4 is 10.1 Å². The lowest BCUT2D eigenvalue weighted by Crippen LogP contribution is -2.31. The minimum atomic E-state index is -0.140. The summed E-state index contributed by atoms with van der Waals surface area (Å²) in [6.07, 6.45) is 0. The lowest BCUT2D eigenvalue weighted by molar-refractivity contribution is -0.123. The molecule has 1 atom stereocenters. The van der Waals surface area contributed by atoms with Gasteiger partial charge in [0.15, 0.2) is 6.61 Å². The van der Waals surface area contributed by atoms with Crippen molar-refractivity contribution in [2.75, 3.05) is 20.7 Å². The zero-order valence-electron chi connectivity index (χ0n) is 19.4. The zero-order valence-corrected chi connectivity index (χ0v) is 19.4. The first kappa shape index (κ1) is 22.6. The first-order chi connectivity index (χ1) is 16.0. The van der Waals surface area contributed by atoms with Crippen molar-refractivity contribution in [1.82, 2.24) is 10.2 Å². The number of amides is 1. The maximum atomic E-state index is 12.7. The van der Waals surface area contributed by atoms with Gasteiger partial charge in [-0.05, 0) is 60.6 Å². The Hall–Kier alpha value is -3.63. The van der Waals surface area contributed by atoms with Crippen LogP contribution in [0, 0.1) is 0 Å². The molecule has 0 radical (unpaired) electrons. The Balaban J connectivity index is 1.46. The van der Waals surface area contributed by atoms with Crippen molar-refractivity contribution in [3.63, 3.8) is 0 Å². The monoisotopic (exact) mass is 438 g/mol. The van der Waals surface area contributed by atoms with Crippen LogP contribution in [0.2, 0.25) is 0 Å². The van der Waals surface area contributed by atoms with Gasteiger partial charge in [-0.2, -0.15) is 0 Å². The highest BCUT2D eigenvalue weighted by Crippen LogP contribution is 2.28. The summed E-state index contributed by atoms with van der Waals surface area (Å²) in [5.74, 6) is 0.592. The van der Waals surface area contributed by atoms with Crippen molar-refractivity contribution in [2.45, 2.75) is 19.5 Å². The molecule has 4 aromatic rings. The number of nitrogens with one attached hydrogen (secondary N) is 1. The summed E-state index contributed by atoms with van der Waals surface area (Å²) in [6, 6.07) is 30.7. The standard InChI is InChI=1S/C29H30N2O2/c1-21(26-15-9-13-23-12-7-8-14-27(23)26)30-29(32)20-33-28-17-16-24(18-25(28)19-31(2)3)22-10-5-4-6-11-22/h4-18,21H,19-20H2,1-3H3,(H,30,32)/t21-/m0/s1. The van der Waals surface area contributed by atoms with Gasteiger partial charge in [0.1, 0.15) is 5.75 Å². The molecule has 0 spiro atoms. The van der Waals surface area contributed by atoms with E-state index in [2.05, 4.69) is 52.7 Å². The fourth-order valence-electron chi connectivity index (χ4n) is 4.13. The van der Waals surface area contributed by atoms with Crippen LogP contribution in [-0.2, 0) is 11.3 Å². The highest BCUT2D eigenvalue weighted by molar-refractivity contribution is 5.87. The molecule has 0 saturated heterocycles. The van der Waals surface area contributed by atoms with Crippen molar-refractivity contribution in [3.05, 3.63) is 102 Å². The third kappa shape index (κ3) is 5.60. The molecule has 0 bridgehead atoms. The number of hydrogen-bond donors (Lipinski definition) is 1. The van der Waals surface area contributed by atoms with Gasteiger partial charge in [-0.25, -0.2) is 0 Å². The van der Waals surface area contributed by atoms with E-state index < -0.39 is 0 Å². The molecule has 4 nitrogen and oxygen atoms in total. The van der Waals surface area contributed by atoms with Crippen molar-refractivity contribution < 1.29 is 9.53 Å². The Morgan fingerprint density at radius 1 is 0.879 bits per heavy atom. The second-order valence-corrected chi connectivity index (χ2v) is 8.57. The van der Waals surface area contributed by atoms with Crippen molar-refractivity contribution >= 4 is 16.7 Å². The van der Waals surface area contributed by atoms with Crippen LogP contribution in [0.3, 0.4) is 0 Å². The van der Waals surface area contributed by atoms with Crippen LogP contribution in [0.5, 0.6) is 5.75 Å². The van der Waals surface area contributed by atoms with E-state index in [1.54, 1.807) is 0 Å². The molecular weight excluding hydrogens is 408 g/mol. The molecule has 168 valence electrons. The van der Waals surface area contributed by atoms with Gasteiger partial charge in [0.05, 0.1) is 6.04 Å². The van der Waals surface area contributed by atoms with Gasteiger partial charge >= 0.3 is 0 Å². The molecule has 0 heterocycles. The van der Waals surface area contributed by atoms with Crippen LogP contribution in [-0.4, -0.2) is 31.5 Å². The van der Waals surface area contributed by atoms with Crippen LogP contribution in [0.4, 0.5) is 0 Å². The maximum absolute atomic E-state index is 12.7. The third-order valence-corrected chi connectivity index (χ3v) is 5.68. The average Bonchev–Trinajstić information content (AvgIpc) is 2.83. The lowest BCUT2D eigenvalue weighted by atomic mass is 10.00. The summed E-state index contributed by atoms with van der Waals surface area (Å²) in [5.41, 5.74) is 4.44. The molecule has 0 saturated carbocycles. The molecule has 4 aromatic carbocycles. The van der Waals surface area contributed by atoms with Gasteiger partial charge in [0, 0.05) is 12.1 Å². The highest BCUT2D eigenvalue weighted by atomic mass is 16.5. The van der Waals surface area contributed by atoms with E-state index in [0.717, 1.165) is 39.9 Å². The minimum absolute atomic E-state index is 0.0276. The Labute approximate surface area is 195 Å². The number of rotatable bonds is 8. The fraction of sp³-hybridized carbons (Fsp3) is 0.207. The Kier molecular flexibility index (Phi) is 7.06. The molecule has 0 aromatic heterocycles. The van der Waals surface area contributed by atoms with Gasteiger partial charge in [-0.1, -0.05) is 78.9 Å². The Morgan fingerprint density at radius 2 is 1.61 bits per heavy atom. The quantitative estimate of drug-likeness (QED) is 0.377. The third-order valence-electron chi connectivity index (χ3n) is 5.68. The Morgan fingerprint density at radius 3 is 2.39 bits per heavy atom. The van der Waals surface area contributed by atoms with E-state index in [0.29, 0.717) is 0 Å². The molecule has 1 N–H and O–H groups in total. The van der Waals surface area contributed by atoms with Crippen LogP contribution in [0.1, 0.15) is 24.1 Å². The number of hydrogen-bond acceptors (Lipinski definition) is 3. The lowest BCUT2D eigenvalue weighted by Gasteiger charge is -2.19. The molecule has 0 aliphatic carbocycles. The van der Waals surface area contributed by atoms with E-state index in [-0.39, 0.29) is 18.6 Å². The van der Waals surface area contributed by atoms with E-state index in [4.69, 9.17) is 4.74 Å². The molecule has 1 amide bonds. The van der Waals surface area contributed by atoms with Gasteiger partial charge in [-0.15, -0.1) is 0 Å². The summed E-state index contributed by atoms with van der Waals surface area (Å²) in [5, 5.41) is 5.40. The molecular formula is C29H30N2O2. The fourth-order valence-corrected chi connectivity index (χ4v) is 4.13. The molecule has 0 aliphatic rings. The predicted molar refractivity (Wildman–Crippen MR) is 135 cm³/mol. The van der Waals surface area contributed by atoms with Gasteiger partial charge in [-0.3, -0.25) is 4.79 Å². The van der Waals surface area contributed by atoms with Gasteiger partial charge in [0.2, 0.25) is 0 Å². The van der Waals surface area contributed by atoms with Crippen molar-refractivity contribution in [2.24, 2.45) is 0 Å². The normalized spacial score (nSPS) is 12.0. The number of ether oxygens (including phenoxy) is 1. The molecule has 4 heteroatoms. The number of benzene rings is 4. The first-order valence-corrected chi connectivity index (χ1v) is 11.2. The van der Waals surface area contributed by atoms with Gasteiger partial charge < -0.3 is 15.0 Å². The van der Waals surface area contributed by atoms with E-state index in [1.165, 1.54) is 5.39 Å². The largest absolute Gasteiger partial charge is 0.483 e. The zero-order chi connectivity index (χ0) is 23.2. The van der Waals surface area contributed by atoms with Crippen LogP contribution in [0.15, 0.2) is 91.0 Å². The van der Waals surface area contributed by atoms with Crippen LogP contribution in [0.25, 0.3) is 21.9 Å². The number of nitrogens with zero attached hydrogens (tertiary/aromatic N) is 1. The Bertz CT molecular complexity index is 1230. The summed E-state index contributed by atoms with van der Waals surface area (Å²) >= 11 is 0. The first-order valence-electron chi connectivity index (χ1n) is 11.2. The van der Waals surface area contributed by atoms with Crippen molar-refractivity contribution in [1.29, 1.82) is 0 Å². The highest BCUT2D eigenvalue weighted by Gasteiger charge is 2.14. The summed E-state index contributed by atoms with van der Waals surface area (Å²) in [6.45, 7) is 2.70. The number of fused-ring (bicyclic) bond motifs is 1. The summed E-state index contributed by atoms with van der Waals surface area (Å²) in [4.78, 5) is 14.8. The maximum Gasteiger partial charge on any atom is 0.258 e.